The molecule has 0 saturated carbocycles. The number of hydrogen-bond donors (Lipinski definition) is 0. The summed E-state index contributed by atoms with van der Waals surface area (Å²) in [4.78, 5) is 12.3. The first-order chi connectivity index (χ1) is 13.1. The molecular formula is C23H51N5. The molecule has 0 bridgehead atoms. The van der Waals surface area contributed by atoms with E-state index >= 15 is 0 Å². The fraction of sp³-hybridized carbons (Fsp3) is 1.00. The van der Waals surface area contributed by atoms with Crippen LogP contribution in [0.25, 0.3) is 0 Å². The lowest BCUT2D eigenvalue weighted by molar-refractivity contribution is 0.0787. The highest BCUT2D eigenvalue weighted by Crippen LogP contribution is 2.16. The van der Waals surface area contributed by atoms with Crippen molar-refractivity contribution in [2.45, 2.75) is 66.6 Å². The first kappa shape index (κ1) is 25.8. The van der Waals surface area contributed by atoms with E-state index in [-0.39, 0.29) is 0 Å². The minimum Gasteiger partial charge on any atom is -0.304 e. The predicted octanol–water partition coefficient (Wildman–Crippen LogP) is 2.63. The zero-order chi connectivity index (χ0) is 21.3. The summed E-state index contributed by atoms with van der Waals surface area (Å²) in [6, 6.07) is 2.23. The second-order valence-electron chi connectivity index (χ2n) is 10.0. The van der Waals surface area contributed by atoms with Crippen molar-refractivity contribution in [1.82, 2.24) is 24.5 Å². The van der Waals surface area contributed by atoms with E-state index < -0.39 is 0 Å². The standard InChI is InChI=1S/2C8H18N2.C7H15N/c2*1-8(2)10-6-4-9(3)5-7-10;1-6(2)8-4-7(3)5-8/h2*8H,4-7H2,1-3H3;6-7H,4-5H2,1-3H3. The van der Waals surface area contributed by atoms with E-state index in [0.29, 0.717) is 0 Å². The molecule has 3 rings (SSSR count). The number of hydrogen-bond acceptors (Lipinski definition) is 5. The van der Waals surface area contributed by atoms with Gasteiger partial charge in [-0.3, -0.25) is 9.80 Å². The van der Waals surface area contributed by atoms with Gasteiger partial charge < -0.3 is 14.7 Å². The third kappa shape index (κ3) is 10.0. The van der Waals surface area contributed by atoms with Gasteiger partial charge in [0.2, 0.25) is 0 Å². The van der Waals surface area contributed by atoms with Gasteiger partial charge in [-0.2, -0.15) is 0 Å². The Labute approximate surface area is 177 Å². The lowest BCUT2D eigenvalue weighted by Crippen LogP contribution is -2.48. The number of piperazine rings is 2. The van der Waals surface area contributed by atoms with Gasteiger partial charge in [-0.1, -0.05) is 6.92 Å². The molecule has 0 radical (unpaired) electrons. The van der Waals surface area contributed by atoms with Crippen LogP contribution in [0.4, 0.5) is 0 Å². The molecule has 5 heteroatoms. The van der Waals surface area contributed by atoms with Crippen molar-refractivity contribution in [2.24, 2.45) is 5.92 Å². The molecule has 28 heavy (non-hydrogen) atoms. The highest BCUT2D eigenvalue weighted by Gasteiger charge is 2.23. The molecule has 0 aromatic carbocycles. The summed E-state index contributed by atoms with van der Waals surface area (Å²) in [5.41, 5.74) is 0. The van der Waals surface area contributed by atoms with Crippen molar-refractivity contribution in [1.29, 1.82) is 0 Å². The molecule has 3 aliphatic heterocycles. The predicted molar refractivity (Wildman–Crippen MR) is 124 cm³/mol. The Morgan fingerprint density at radius 1 is 0.500 bits per heavy atom. The van der Waals surface area contributed by atoms with Crippen LogP contribution < -0.4 is 0 Å². The molecule has 0 atom stereocenters. The van der Waals surface area contributed by atoms with Crippen LogP contribution in [0, 0.1) is 5.92 Å². The van der Waals surface area contributed by atoms with Crippen molar-refractivity contribution in [3.8, 4) is 0 Å². The maximum absolute atomic E-state index is 2.53. The van der Waals surface area contributed by atoms with Gasteiger partial charge >= 0.3 is 0 Å². The van der Waals surface area contributed by atoms with Gasteiger partial charge in [0.25, 0.3) is 0 Å². The van der Waals surface area contributed by atoms with Gasteiger partial charge in [-0.15, -0.1) is 0 Å². The van der Waals surface area contributed by atoms with Crippen molar-refractivity contribution < 1.29 is 0 Å². The van der Waals surface area contributed by atoms with E-state index in [9.17, 15) is 0 Å². The highest BCUT2D eigenvalue weighted by molar-refractivity contribution is 4.78. The molecule has 3 fully saturated rings. The zero-order valence-electron chi connectivity index (χ0n) is 20.6. The molecule has 3 heterocycles. The average Bonchev–Trinajstić information content (AvgIpc) is 2.61. The minimum absolute atomic E-state index is 0.730. The monoisotopic (exact) mass is 397 g/mol. The summed E-state index contributed by atoms with van der Waals surface area (Å²) in [5.74, 6) is 0.956. The second kappa shape index (κ2) is 13.2. The summed E-state index contributed by atoms with van der Waals surface area (Å²) in [5, 5.41) is 0. The number of nitrogens with zero attached hydrogens (tertiary/aromatic N) is 5. The van der Waals surface area contributed by atoms with Crippen LogP contribution in [0.1, 0.15) is 48.5 Å². The van der Waals surface area contributed by atoms with Crippen LogP contribution in [0.3, 0.4) is 0 Å². The Bertz CT molecular complexity index is 350. The molecule has 3 aliphatic rings. The third-order valence-corrected chi connectivity index (χ3v) is 6.36. The minimum atomic E-state index is 0.730. The lowest BCUT2D eigenvalue weighted by Gasteiger charge is -2.40. The van der Waals surface area contributed by atoms with Crippen LogP contribution in [0.2, 0.25) is 0 Å². The van der Waals surface area contributed by atoms with Crippen LogP contribution in [-0.2, 0) is 0 Å². The van der Waals surface area contributed by atoms with E-state index in [2.05, 4.69) is 87.1 Å². The number of rotatable bonds is 3. The van der Waals surface area contributed by atoms with Crippen molar-refractivity contribution in [2.75, 3.05) is 79.5 Å². The molecule has 0 aliphatic carbocycles. The zero-order valence-corrected chi connectivity index (χ0v) is 20.6. The topological polar surface area (TPSA) is 16.2 Å². The summed E-state index contributed by atoms with van der Waals surface area (Å²) in [6.07, 6.45) is 0. The van der Waals surface area contributed by atoms with Crippen molar-refractivity contribution in [3.63, 3.8) is 0 Å². The van der Waals surface area contributed by atoms with Crippen molar-refractivity contribution in [3.05, 3.63) is 0 Å². The van der Waals surface area contributed by atoms with Crippen LogP contribution in [0.5, 0.6) is 0 Å². The van der Waals surface area contributed by atoms with Gasteiger partial charge in [-0.05, 0) is 61.6 Å². The Kier molecular flexibility index (Phi) is 12.2. The molecule has 0 amide bonds. The number of likely N-dealkylation sites (N-methyl/N-ethyl adjacent to an activating group) is 2. The van der Waals surface area contributed by atoms with Gasteiger partial charge in [0.1, 0.15) is 0 Å². The van der Waals surface area contributed by atoms with E-state index in [0.717, 1.165) is 24.0 Å². The molecule has 0 aromatic rings. The normalized spacial score (nSPS) is 24.0. The molecule has 0 unspecified atom stereocenters. The molecule has 0 spiro atoms. The summed E-state index contributed by atoms with van der Waals surface area (Å²) in [7, 11) is 4.38. The van der Waals surface area contributed by atoms with Gasteiger partial charge in [0.15, 0.2) is 0 Å². The maximum atomic E-state index is 2.53. The van der Waals surface area contributed by atoms with Crippen LogP contribution in [-0.4, -0.2) is 122 Å². The van der Waals surface area contributed by atoms with E-state index in [1.54, 1.807) is 0 Å². The summed E-state index contributed by atoms with van der Waals surface area (Å²) in [6.45, 7) is 28.4. The fourth-order valence-corrected chi connectivity index (χ4v) is 3.85. The first-order valence-corrected chi connectivity index (χ1v) is 11.7. The van der Waals surface area contributed by atoms with Gasteiger partial charge in [-0.25, -0.2) is 0 Å². The molecule has 5 nitrogen and oxygen atoms in total. The van der Waals surface area contributed by atoms with Gasteiger partial charge in [0, 0.05) is 83.6 Å². The Balaban J connectivity index is 0.000000212. The number of likely N-dealkylation sites (tertiary alicyclic amines) is 1. The van der Waals surface area contributed by atoms with Crippen molar-refractivity contribution >= 4 is 0 Å². The average molecular weight is 398 g/mol. The second-order valence-corrected chi connectivity index (χ2v) is 10.0. The third-order valence-electron chi connectivity index (χ3n) is 6.36. The highest BCUT2D eigenvalue weighted by atomic mass is 15.3. The largest absolute Gasteiger partial charge is 0.304 e. The Morgan fingerprint density at radius 3 is 0.964 bits per heavy atom. The molecule has 0 aromatic heterocycles. The quantitative estimate of drug-likeness (QED) is 0.725. The molecule has 168 valence electrons. The molecular weight excluding hydrogens is 346 g/mol. The Morgan fingerprint density at radius 2 is 0.786 bits per heavy atom. The smallest absolute Gasteiger partial charge is 0.0112 e. The SMILES string of the molecule is CC(C)N1CCN(C)CC1.CC(C)N1CCN(C)CC1.CC1CN(C(C)C)C1. The lowest BCUT2D eigenvalue weighted by atomic mass is 10.0. The van der Waals surface area contributed by atoms with Crippen LogP contribution in [0.15, 0.2) is 0 Å². The van der Waals surface area contributed by atoms with E-state index in [1.165, 1.54) is 65.4 Å². The van der Waals surface area contributed by atoms with Gasteiger partial charge in [0.05, 0.1) is 0 Å². The summed E-state index contributed by atoms with van der Waals surface area (Å²) >= 11 is 0. The maximum Gasteiger partial charge on any atom is 0.0112 e. The first-order valence-electron chi connectivity index (χ1n) is 11.7. The van der Waals surface area contributed by atoms with Crippen LogP contribution >= 0.6 is 0 Å². The molecule has 0 N–H and O–H groups in total. The summed E-state index contributed by atoms with van der Waals surface area (Å²) < 4.78 is 0. The molecule has 3 saturated heterocycles. The van der Waals surface area contributed by atoms with E-state index in [4.69, 9.17) is 0 Å². The van der Waals surface area contributed by atoms with E-state index in [1.807, 2.05) is 0 Å². The Hall–Kier alpha value is -0.200. The fourth-order valence-electron chi connectivity index (χ4n) is 3.85.